The molecule has 0 bridgehead atoms. The summed E-state index contributed by atoms with van der Waals surface area (Å²) in [6.07, 6.45) is 1.82. The Morgan fingerprint density at radius 3 is 2.57 bits per heavy atom. The molecule has 146 valence electrons. The zero-order valence-electron chi connectivity index (χ0n) is 15.8. The number of hydrogen-bond donors (Lipinski definition) is 1. The number of aryl methyl sites for hydroxylation is 1. The summed E-state index contributed by atoms with van der Waals surface area (Å²) < 4.78 is 6.60. The molecule has 0 saturated heterocycles. The monoisotopic (exact) mass is 459 g/mol. The van der Waals surface area contributed by atoms with Crippen molar-refractivity contribution in [2.24, 2.45) is 0 Å². The fourth-order valence-corrected chi connectivity index (χ4v) is 3.81. The topological polar surface area (TPSA) is 68.0 Å². The highest BCUT2D eigenvalue weighted by Gasteiger charge is 2.20. The zero-order chi connectivity index (χ0) is 19.9. The van der Waals surface area contributed by atoms with Gasteiger partial charge in [0.1, 0.15) is 0 Å². The molecule has 1 aromatic heterocycles. The summed E-state index contributed by atoms with van der Waals surface area (Å²) in [5, 5.41) is 11.3. The second-order valence-corrected chi connectivity index (χ2v) is 8.69. The van der Waals surface area contributed by atoms with Gasteiger partial charge in [0.05, 0.1) is 10.8 Å². The molecule has 2 unspecified atom stereocenters. The van der Waals surface area contributed by atoms with Crippen LogP contribution in [0.5, 0.6) is 0 Å². The van der Waals surface area contributed by atoms with Crippen molar-refractivity contribution < 1.29 is 9.21 Å². The van der Waals surface area contributed by atoms with Gasteiger partial charge < -0.3 is 9.73 Å². The van der Waals surface area contributed by atoms with E-state index in [0.29, 0.717) is 11.1 Å². The fraction of sp³-hybridized carbons (Fsp3) is 0.286. The summed E-state index contributed by atoms with van der Waals surface area (Å²) >= 11 is 4.74. The molecule has 1 heterocycles. The van der Waals surface area contributed by atoms with E-state index in [9.17, 15) is 4.79 Å². The number of halogens is 1. The van der Waals surface area contributed by atoms with Gasteiger partial charge in [0.2, 0.25) is 11.8 Å². The number of amides is 1. The lowest BCUT2D eigenvalue weighted by molar-refractivity contribution is -0.120. The van der Waals surface area contributed by atoms with E-state index in [1.54, 1.807) is 0 Å². The molecule has 0 saturated carbocycles. The number of aromatic nitrogens is 2. The van der Waals surface area contributed by atoms with Gasteiger partial charge in [-0.1, -0.05) is 54.2 Å². The molecule has 2 atom stereocenters. The Morgan fingerprint density at radius 1 is 1.11 bits per heavy atom. The largest absolute Gasteiger partial charge is 0.411 e. The minimum Gasteiger partial charge on any atom is -0.411 e. The van der Waals surface area contributed by atoms with Crippen LogP contribution in [0.15, 0.2) is 68.7 Å². The van der Waals surface area contributed by atoms with E-state index >= 15 is 0 Å². The van der Waals surface area contributed by atoms with Gasteiger partial charge in [-0.3, -0.25) is 4.79 Å². The van der Waals surface area contributed by atoms with Crippen LogP contribution in [0, 0.1) is 0 Å². The summed E-state index contributed by atoms with van der Waals surface area (Å²) in [5.41, 5.74) is 2.10. The lowest BCUT2D eigenvalue weighted by atomic mass is 10.1. The second-order valence-electron chi connectivity index (χ2n) is 6.55. The van der Waals surface area contributed by atoms with Crippen LogP contribution in [0.1, 0.15) is 25.8 Å². The first-order valence-corrected chi connectivity index (χ1v) is 10.8. The van der Waals surface area contributed by atoms with Gasteiger partial charge in [-0.2, -0.15) is 0 Å². The van der Waals surface area contributed by atoms with Crippen LogP contribution in [0.25, 0.3) is 11.5 Å². The Morgan fingerprint density at radius 2 is 1.82 bits per heavy atom. The van der Waals surface area contributed by atoms with Crippen molar-refractivity contribution in [1.82, 2.24) is 15.5 Å². The van der Waals surface area contributed by atoms with Crippen molar-refractivity contribution in [3.63, 3.8) is 0 Å². The van der Waals surface area contributed by atoms with E-state index in [0.717, 1.165) is 22.9 Å². The third kappa shape index (κ3) is 5.69. The van der Waals surface area contributed by atoms with Crippen LogP contribution in [-0.2, 0) is 11.2 Å². The Balaban J connectivity index is 1.51. The van der Waals surface area contributed by atoms with Gasteiger partial charge in [-0.25, -0.2) is 0 Å². The van der Waals surface area contributed by atoms with Crippen LogP contribution >= 0.6 is 27.7 Å². The second kappa shape index (κ2) is 9.89. The summed E-state index contributed by atoms with van der Waals surface area (Å²) in [6.45, 7) is 3.86. The number of carbonyl (C=O) groups excluding carboxylic acids is 1. The smallest absolute Gasteiger partial charge is 0.277 e. The molecule has 0 radical (unpaired) electrons. The van der Waals surface area contributed by atoms with Gasteiger partial charge >= 0.3 is 0 Å². The van der Waals surface area contributed by atoms with Gasteiger partial charge in [-0.05, 0) is 60.3 Å². The standard InChI is InChI=1S/C21H22BrN3O2S/c1-14(12-13-16-8-4-3-5-9-16)23-19(26)15(2)28-21-25-24-20(27-21)17-10-6-7-11-18(17)22/h3-11,14-15H,12-13H2,1-2H3,(H,23,26). The molecule has 5 nitrogen and oxygen atoms in total. The molecule has 1 N–H and O–H groups in total. The van der Waals surface area contributed by atoms with E-state index in [2.05, 4.69) is 43.6 Å². The third-order valence-electron chi connectivity index (χ3n) is 4.26. The molecule has 7 heteroatoms. The molecule has 3 aromatic rings. The Hall–Kier alpha value is -2.12. The summed E-state index contributed by atoms with van der Waals surface area (Å²) in [4.78, 5) is 12.5. The van der Waals surface area contributed by atoms with E-state index in [4.69, 9.17) is 4.42 Å². The van der Waals surface area contributed by atoms with Crippen molar-refractivity contribution in [2.75, 3.05) is 0 Å². The van der Waals surface area contributed by atoms with E-state index in [1.807, 2.05) is 56.3 Å². The van der Waals surface area contributed by atoms with Gasteiger partial charge in [0.15, 0.2) is 0 Å². The molecule has 0 aliphatic rings. The third-order valence-corrected chi connectivity index (χ3v) is 5.88. The quantitative estimate of drug-likeness (QED) is 0.473. The Labute approximate surface area is 177 Å². The van der Waals surface area contributed by atoms with Gasteiger partial charge in [0.25, 0.3) is 5.22 Å². The minimum absolute atomic E-state index is 0.0359. The zero-order valence-corrected chi connectivity index (χ0v) is 18.2. The lowest BCUT2D eigenvalue weighted by Gasteiger charge is -2.16. The van der Waals surface area contributed by atoms with E-state index < -0.39 is 0 Å². The molecular weight excluding hydrogens is 438 g/mol. The summed E-state index contributed by atoms with van der Waals surface area (Å²) in [6, 6.07) is 18.0. The molecule has 0 spiro atoms. The highest BCUT2D eigenvalue weighted by Crippen LogP contribution is 2.30. The van der Waals surface area contributed by atoms with Crippen molar-refractivity contribution >= 4 is 33.6 Å². The number of rotatable bonds is 8. The highest BCUT2D eigenvalue weighted by molar-refractivity contribution is 9.10. The summed E-state index contributed by atoms with van der Waals surface area (Å²) in [5.74, 6) is 0.394. The maximum atomic E-state index is 12.5. The molecule has 1 amide bonds. The number of thioether (sulfide) groups is 1. The molecular formula is C21H22BrN3O2S. The average molecular weight is 460 g/mol. The molecule has 2 aromatic carbocycles. The highest BCUT2D eigenvalue weighted by atomic mass is 79.9. The number of carbonyl (C=O) groups is 1. The summed E-state index contributed by atoms with van der Waals surface area (Å²) in [7, 11) is 0. The van der Waals surface area contributed by atoms with Crippen molar-refractivity contribution in [3.8, 4) is 11.5 Å². The number of nitrogens with zero attached hydrogens (tertiary/aromatic N) is 2. The van der Waals surface area contributed by atoms with Crippen molar-refractivity contribution in [3.05, 3.63) is 64.6 Å². The Kier molecular flexibility index (Phi) is 7.28. The van der Waals surface area contributed by atoms with Crippen LogP contribution in [0.3, 0.4) is 0 Å². The van der Waals surface area contributed by atoms with Crippen LogP contribution in [-0.4, -0.2) is 27.4 Å². The first-order chi connectivity index (χ1) is 13.5. The normalized spacial score (nSPS) is 13.1. The molecule has 0 fully saturated rings. The van der Waals surface area contributed by atoms with E-state index in [1.165, 1.54) is 17.3 Å². The number of benzene rings is 2. The first-order valence-electron chi connectivity index (χ1n) is 9.12. The molecule has 0 aliphatic carbocycles. The predicted molar refractivity (Wildman–Crippen MR) is 115 cm³/mol. The SMILES string of the molecule is CC(CCc1ccccc1)NC(=O)C(C)Sc1nnc(-c2ccccc2Br)o1. The molecule has 0 aliphatic heterocycles. The van der Waals surface area contributed by atoms with Gasteiger partial charge in [-0.15, -0.1) is 10.2 Å². The minimum atomic E-state index is -0.327. The first kappa shape index (κ1) is 20.6. The van der Waals surface area contributed by atoms with Crippen molar-refractivity contribution in [2.45, 2.75) is 43.2 Å². The van der Waals surface area contributed by atoms with Crippen molar-refractivity contribution in [1.29, 1.82) is 0 Å². The number of nitrogens with one attached hydrogen (secondary N) is 1. The Bertz CT molecular complexity index is 917. The average Bonchev–Trinajstić information content (AvgIpc) is 3.15. The molecule has 3 rings (SSSR count). The van der Waals surface area contributed by atoms with Gasteiger partial charge in [0, 0.05) is 10.5 Å². The number of hydrogen-bond acceptors (Lipinski definition) is 5. The van der Waals surface area contributed by atoms with E-state index in [-0.39, 0.29) is 17.2 Å². The predicted octanol–water partition coefficient (Wildman–Crippen LogP) is 5.12. The van der Waals surface area contributed by atoms with Crippen LogP contribution < -0.4 is 5.32 Å². The fourth-order valence-electron chi connectivity index (χ4n) is 2.67. The lowest BCUT2D eigenvalue weighted by Crippen LogP contribution is -2.37. The van der Waals surface area contributed by atoms with Crippen LogP contribution in [0.2, 0.25) is 0 Å². The maximum absolute atomic E-state index is 12.5. The molecule has 28 heavy (non-hydrogen) atoms. The van der Waals surface area contributed by atoms with Crippen LogP contribution in [0.4, 0.5) is 0 Å². The maximum Gasteiger partial charge on any atom is 0.277 e.